The number of rotatable bonds is 4. The maximum Gasteiger partial charge on any atom is 0.311 e. The fourth-order valence-electron chi connectivity index (χ4n) is 1.68. The van der Waals surface area contributed by atoms with Crippen LogP contribution >= 0.6 is 0 Å². The Bertz CT molecular complexity index is 514. The number of aliphatic hydroxyl groups is 1. The molecule has 0 aliphatic rings. The quantitative estimate of drug-likeness (QED) is 0.648. The molecular weight excluding hydrogens is 216 g/mol. The highest BCUT2D eigenvalue weighted by molar-refractivity contribution is 5.90. The average molecular weight is 230 g/mol. The number of hydrogen-bond donors (Lipinski definition) is 1. The lowest BCUT2D eigenvalue weighted by molar-refractivity contribution is -0.134. The third-order valence-electron chi connectivity index (χ3n) is 2.51. The summed E-state index contributed by atoms with van der Waals surface area (Å²) in [5.74, 6) is 0.265. The first-order valence-electron chi connectivity index (χ1n) is 5.60. The Hall–Kier alpha value is -1.87. The molecule has 2 rings (SSSR count). The van der Waals surface area contributed by atoms with Gasteiger partial charge in [0, 0.05) is 18.4 Å². The van der Waals surface area contributed by atoms with E-state index in [1.165, 1.54) is 0 Å². The molecule has 0 aliphatic carbocycles. The van der Waals surface area contributed by atoms with Crippen molar-refractivity contribution < 1.29 is 14.6 Å². The number of fused-ring (bicyclic) bond motifs is 1. The van der Waals surface area contributed by atoms with Crippen LogP contribution in [0.25, 0.3) is 10.8 Å². The van der Waals surface area contributed by atoms with Crippen molar-refractivity contribution in [1.82, 2.24) is 0 Å². The minimum atomic E-state index is -0.310. The van der Waals surface area contributed by atoms with Gasteiger partial charge >= 0.3 is 5.97 Å². The molecule has 0 radical (unpaired) electrons. The van der Waals surface area contributed by atoms with E-state index in [0.717, 1.165) is 10.8 Å². The summed E-state index contributed by atoms with van der Waals surface area (Å²) in [6.07, 6.45) is 0.670. The van der Waals surface area contributed by atoms with E-state index in [1.54, 1.807) is 6.07 Å². The van der Waals surface area contributed by atoms with E-state index in [1.807, 2.05) is 36.4 Å². The number of hydrogen-bond acceptors (Lipinski definition) is 3. The minimum Gasteiger partial charge on any atom is -0.426 e. The second-order valence-electron chi connectivity index (χ2n) is 3.78. The van der Waals surface area contributed by atoms with E-state index in [-0.39, 0.29) is 19.0 Å². The van der Waals surface area contributed by atoms with Gasteiger partial charge < -0.3 is 9.84 Å². The standard InChI is InChI=1S/C14H14O3/c15-10-4-9-14(16)17-13-8-3-6-11-5-1-2-7-12(11)13/h1-3,5-8,15H,4,9-10H2. The first kappa shape index (κ1) is 11.6. The van der Waals surface area contributed by atoms with Gasteiger partial charge in [-0.3, -0.25) is 4.79 Å². The summed E-state index contributed by atoms with van der Waals surface area (Å²) in [7, 11) is 0. The zero-order chi connectivity index (χ0) is 12.1. The smallest absolute Gasteiger partial charge is 0.311 e. The van der Waals surface area contributed by atoms with Gasteiger partial charge in [0.25, 0.3) is 0 Å². The molecule has 0 unspecified atom stereocenters. The molecule has 0 amide bonds. The second kappa shape index (κ2) is 5.46. The van der Waals surface area contributed by atoms with Crippen molar-refractivity contribution in [3.8, 4) is 5.75 Å². The summed E-state index contributed by atoms with van der Waals surface area (Å²) in [6, 6.07) is 13.4. The Morgan fingerprint density at radius 2 is 1.88 bits per heavy atom. The largest absolute Gasteiger partial charge is 0.426 e. The highest BCUT2D eigenvalue weighted by Gasteiger charge is 2.07. The number of ether oxygens (including phenoxy) is 1. The number of esters is 1. The summed E-state index contributed by atoms with van der Waals surface area (Å²) in [6.45, 7) is 0.00460. The lowest BCUT2D eigenvalue weighted by atomic mass is 10.1. The van der Waals surface area contributed by atoms with Crippen molar-refractivity contribution in [3.05, 3.63) is 42.5 Å². The normalized spacial score (nSPS) is 10.4. The zero-order valence-corrected chi connectivity index (χ0v) is 9.43. The van der Waals surface area contributed by atoms with E-state index in [2.05, 4.69) is 0 Å². The third kappa shape index (κ3) is 2.82. The van der Waals surface area contributed by atoms with Gasteiger partial charge in [-0.2, -0.15) is 0 Å². The Labute approximate surface area is 99.6 Å². The molecule has 88 valence electrons. The Morgan fingerprint density at radius 3 is 2.71 bits per heavy atom. The van der Waals surface area contributed by atoms with Gasteiger partial charge in [-0.25, -0.2) is 0 Å². The highest BCUT2D eigenvalue weighted by Crippen LogP contribution is 2.25. The van der Waals surface area contributed by atoms with Crippen LogP contribution in [0, 0.1) is 0 Å². The van der Waals surface area contributed by atoms with Gasteiger partial charge in [0.15, 0.2) is 0 Å². The molecular formula is C14H14O3. The molecule has 0 aromatic heterocycles. The Balaban J connectivity index is 2.21. The average Bonchev–Trinajstić information content (AvgIpc) is 2.37. The number of carbonyl (C=O) groups is 1. The lowest BCUT2D eigenvalue weighted by Gasteiger charge is -2.07. The first-order chi connectivity index (χ1) is 8.31. The molecule has 0 aliphatic heterocycles. The van der Waals surface area contributed by atoms with E-state index < -0.39 is 0 Å². The SMILES string of the molecule is O=C(CCCO)Oc1cccc2ccccc12. The maximum atomic E-state index is 11.5. The second-order valence-corrected chi connectivity index (χ2v) is 3.78. The first-order valence-corrected chi connectivity index (χ1v) is 5.60. The van der Waals surface area contributed by atoms with E-state index in [4.69, 9.17) is 9.84 Å². The van der Waals surface area contributed by atoms with Crippen molar-refractivity contribution in [2.45, 2.75) is 12.8 Å². The van der Waals surface area contributed by atoms with Crippen LogP contribution in [-0.4, -0.2) is 17.7 Å². The van der Waals surface area contributed by atoms with Crippen LogP contribution < -0.4 is 4.74 Å². The molecule has 0 heterocycles. The van der Waals surface area contributed by atoms with Gasteiger partial charge in [-0.15, -0.1) is 0 Å². The molecule has 0 bridgehead atoms. The highest BCUT2D eigenvalue weighted by atomic mass is 16.5. The van der Waals surface area contributed by atoms with Crippen molar-refractivity contribution >= 4 is 16.7 Å². The molecule has 3 nitrogen and oxygen atoms in total. The van der Waals surface area contributed by atoms with E-state index in [9.17, 15) is 4.79 Å². The monoisotopic (exact) mass is 230 g/mol. The van der Waals surface area contributed by atoms with E-state index >= 15 is 0 Å². The summed E-state index contributed by atoms with van der Waals surface area (Å²) in [5.41, 5.74) is 0. The molecule has 3 heteroatoms. The van der Waals surface area contributed by atoms with Crippen LogP contribution in [0.4, 0.5) is 0 Å². The Morgan fingerprint density at radius 1 is 1.12 bits per heavy atom. The van der Waals surface area contributed by atoms with Gasteiger partial charge in [-0.05, 0) is 17.9 Å². The van der Waals surface area contributed by atoms with Crippen LogP contribution in [0.2, 0.25) is 0 Å². The third-order valence-corrected chi connectivity index (χ3v) is 2.51. The molecule has 0 saturated carbocycles. The lowest BCUT2D eigenvalue weighted by Crippen LogP contribution is -2.08. The number of benzene rings is 2. The summed E-state index contributed by atoms with van der Waals surface area (Å²) in [5, 5.41) is 10.6. The molecule has 17 heavy (non-hydrogen) atoms. The molecule has 2 aromatic rings. The maximum absolute atomic E-state index is 11.5. The predicted octanol–water partition coefficient (Wildman–Crippen LogP) is 2.52. The minimum absolute atomic E-state index is 0.00460. The molecule has 2 aromatic carbocycles. The van der Waals surface area contributed by atoms with Gasteiger partial charge in [-0.1, -0.05) is 36.4 Å². The van der Waals surface area contributed by atoms with Crippen molar-refractivity contribution in [1.29, 1.82) is 0 Å². The Kier molecular flexibility index (Phi) is 3.73. The molecule has 0 saturated heterocycles. The summed E-state index contributed by atoms with van der Waals surface area (Å²) < 4.78 is 5.28. The fraction of sp³-hybridized carbons (Fsp3) is 0.214. The van der Waals surface area contributed by atoms with Crippen LogP contribution in [0.1, 0.15) is 12.8 Å². The van der Waals surface area contributed by atoms with Gasteiger partial charge in [0.05, 0.1) is 0 Å². The van der Waals surface area contributed by atoms with Crippen LogP contribution in [0.3, 0.4) is 0 Å². The topological polar surface area (TPSA) is 46.5 Å². The zero-order valence-electron chi connectivity index (χ0n) is 9.43. The van der Waals surface area contributed by atoms with Crippen molar-refractivity contribution in [2.75, 3.05) is 6.61 Å². The van der Waals surface area contributed by atoms with Crippen LogP contribution in [0.15, 0.2) is 42.5 Å². The molecule has 1 N–H and O–H groups in total. The fourth-order valence-corrected chi connectivity index (χ4v) is 1.68. The van der Waals surface area contributed by atoms with Crippen molar-refractivity contribution in [3.63, 3.8) is 0 Å². The number of carbonyl (C=O) groups excluding carboxylic acids is 1. The van der Waals surface area contributed by atoms with Crippen molar-refractivity contribution in [2.24, 2.45) is 0 Å². The van der Waals surface area contributed by atoms with E-state index in [0.29, 0.717) is 12.2 Å². The predicted molar refractivity (Wildman–Crippen MR) is 65.9 cm³/mol. The van der Waals surface area contributed by atoms with Gasteiger partial charge in [0.1, 0.15) is 5.75 Å². The molecule has 0 fully saturated rings. The summed E-state index contributed by atoms with van der Waals surface area (Å²) in [4.78, 5) is 11.5. The van der Waals surface area contributed by atoms with Gasteiger partial charge in [0.2, 0.25) is 0 Å². The molecule has 0 atom stereocenters. The number of aliphatic hydroxyl groups excluding tert-OH is 1. The summed E-state index contributed by atoms with van der Waals surface area (Å²) >= 11 is 0. The van der Waals surface area contributed by atoms with Crippen LogP contribution in [-0.2, 0) is 4.79 Å². The molecule has 0 spiro atoms. The van der Waals surface area contributed by atoms with Crippen LogP contribution in [0.5, 0.6) is 5.75 Å².